The molecule has 1 amide bonds. The molecule has 0 spiro atoms. The zero-order valence-electron chi connectivity index (χ0n) is 12.8. The fraction of sp³-hybridized carbons (Fsp3) is 0.250. The van der Waals surface area contributed by atoms with Crippen LogP contribution in [0.3, 0.4) is 0 Å². The van der Waals surface area contributed by atoms with Crippen LogP contribution in [0, 0.1) is 17.0 Å². The Balaban J connectivity index is 1.64. The summed E-state index contributed by atoms with van der Waals surface area (Å²) in [5, 5.41) is 11.5. The second-order valence-electron chi connectivity index (χ2n) is 5.47. The van der Waals surface area contributed by atoms with Gasteiger partial charge in [0.1, 0.15) is 6.10 Å². The lowest BCUT2D eigenvalue weighted by Gasteiger charge is -2.38. The van der Waals surface area contributed by atoms with Gasteiger partial charge in [-0.15, -0.1) is 0 Å². The van der Waals surface area contributed by atoms with Gasteiger partial charge < -0.3 is 9.64 Å². The van der Waals surface area contributed by atoms with E-state index in [4.69, 9.17) is 16.3 Å². The van der Waals surface area contributed by atoms with E-state index in [2.05, 4.69) is 4.98 Å². The number of nitro benzene ring substituents is 1. The molecule has 1 aliphatic rings. The number of hydrogen-bond acceptors (Lipinski definition) is 5. The minimum atomic E-state index is -0.486. The van der Waals surface area contributed by atoms with Crippen molar-refractivity contribution < 1.29 is 14.5 Å². The van der Waals surface area contributed by atoms with E-state index in [0.29, 0.717) is 35.1 Å². The molecule has 2 aromatic rings. The van der Waals surface area contributed by atoms with Gasteiger partial charge in [-0.3, -0.25) is 14.9 Å². The number of benzene rings is 1. The summed E-state index contributed by atoms with van der Waals surface area (Å²) in [6, 6.07) is 7.85. The van der Waals surface area contributed by atoms with Crippen molar-refractivity contribution in [3.8, 4) is 5.88 Å². The molecule has 1 aromatic heterocycles. The number of carbonyl (C=O) groups is 1. The summed E-state index contributed by atoms with van der Waals surface area (Å²) >= 11 is 5.76. The lowest BCUT2D eigenvalue weighted by atomic mass is 10.0. The molecular weight excluding hydrogens is 334 g/mol. The number of hydrogen-bond donors (Lipinski definition) is 0. The Morgan fingerprint density at radius 2 is 2.12 bits per heavy atom. The number of rotatable bonds is 4. The van der Waals surface area contributed by atoms with Gasteiger partial charge in [0.15, 0.2) is 0 Å². The molecule has 0 aliphatic carbocycles. The van der Waals surface area contributed by atoms with Gasteiger partial charge in [0, 0.05) is 29.5 Å². The molecule has 8 heteroatoms. The molecular formula is C16H14ClN3O4. The summed E-state index contributed by atoms with van der Waals surface area (Å²) in [5.74, 6) is 0.211. The first-order valence-corrected chi connectivity index (χ1v) is 7.65. The summed E-state index contributed by atoms with van der Waals surface area (Å²) in [6.45, 7) is 2.40. The summed E-state index contributed by atoms with van der Waals surface area (Å²) in [5.41, 5.74) is 0.656. The highest BCUT2D eigenvalue weighted by Crippen LogP contribution is 2.25. The van der Waals surface area contributed by atoms with E-state index >= 15 is 0 Å². The molecule has 1 aromatic carbocycles. The van der Waals surface area contributed by atoms with E-state index in [0.717, 1.165) is 0 Å². The van der Waals surface area contributed by atoms with Crippen LogP contribution in [-0.4, -0.2) is 39.9 Å². The number of halogens is 1. The van der Waals surface area contributed by atoms with Crippen LogP contribution in [0.4, 0.5) is 5.69 Å². The smallest absolute Gasteiger partial charge is 0.273 e. The van der Waals surface area contributed by atoms with Crippen LogP contribution in [0.5, 0.6) is 5.88 Å². The predicted octanol–water partition coefficient (Wildman–Crippen LogP) is 2.86. The Bertz CT molecular complexity index is 788. The highest BCUT2D eigenvalue weighted by Gasteiger charge is 2.34. The number of nitro groups is 1. The molecule has 0 bridgehead atoms. The van der Waals surface area contributed by atoms with Gasteiger partial charge in [-0.05, 0) is 19.1 Å². The lowest BCUT2D eigenvalue weighted by molar-refractivity contribution is -0.385. The van der Waals surface area contributed by atoms with Crippen molar-refractivity contribution in [1.29, 1.82) is 0 Å². The predicted molar refractivity (Wildman–Crippen MR) is 87.4 cm³/mol. The van der Waals surface area contributed by atoms with Crippen molar-refractivity contribution in [1.82, 2.24) is 9.88 Å². The third-order valence-corrected chi connectivity index (χ3v) is 4.08. The molecule has 0 unspecified atom stereocenters. The van der Waals surface area contributed by atoms with Crippen molar-refractivity contribution in [2.45, 2.75) is 13.0 Å². The second kappa shape index (κ2) is 6.45. The fourth-order valence-electron chi connectivity index (χ4n) is 2.50. The Labute approximate surface area is 143 Å². The topological polar surface area (TPSA) is 85.6 Å². The van der Waals surface area contributed by atoms with Gasteiger partial charge in [0.05, 0.1) is 23.0 Å². The highest BCUT2D eigenvalue weighted by molar-refractivity contribution is 6.30. The van der Waals surface area contributed by atoms with Crippen molar-refractivity contribution >= 4 is 23.2 Å². The monoisotopic (exact) mass is 347 g/mol. The van der Waals surface area contributed by atoms with Gasteiger partial charge >= 0.3 is 0 Å². The average Bonchev–Trinajstić information content (AvgIpc) is 2.51. The number of pyridine rings is 1. The molecule has 0 saturated carbocycles. The van der Waals surface area contributed by atoms with E-state index in [9.17, 15) is 14.9 Å². The number of carbonyl (C=O) groups excluding carboxylic acids is 1. The minimum Gasteiger partial charge on any atom is -0.471 e. The summed E-state index contributed by atoms with van der Waals surface area (Å²) < 4.78 is 5.64. The van der Waals surface area contributed by atoms with E-state index in [1.54, 1.807) is 30.0 Å². The van der Waals surface area contributed by atoms with E-state index in [-0.39, 0.29) is 17.7 Å². The third-order valence-electron chi connectivity index (χ3n) is 3.86. The maximum absolute atomic E-state index is 12.5. The molecule has 1 fully saturated rings. The number of aromatic nitrogens is 1. The van der Waals surface area contributed by atoms with E-state index < -0.39 is 4.92 Å². The van der Waals surface area contributed by atoms with Gasteiger partial charge in [-0.1, -0.05) is 17.7 Å². The first-order chi connectivity index (χ1) is 11.5. The molecule has 3 rings (SSSR count). The largest absolute Gasteiger partial charge is 0.471 e. The average molecular weight is 348 g/mol. The van der Waals surface area contributed by atoms with E-state index in [1.165, 1.54) is 18.3 Å². The quantitative estimate of drug-likeness (QED) is 0.627. The van der Waals surface area contributed by atoms with Crippen LogP contribution in [0.2, 0.25) is 5.02 Å². The molecule has 0 radical (unpaired) electrons. The van der Waals surface area contributed by atoms with E-state index in [1.807, 2.05) is 0 Å². The summed E-state index contributed by atoms with van der Waals surface area (Å²) in [4.78, 5) is 28.6. The Morgan fingerprint density at radius 1 is 1.38 bits per heavy atom. The van der Waals surface area contributed by atoms with Crippen molar-refractivity contribution in [3.05, 3.63) is 62.8 Å². The highest BCUT2D eigenvalue weighted by atomic mass is 35.5. The number of amides is 1. The molecule has 1 saturated heterocycles. The summed E-state index contributed by atoms with van der Waals surface area (Å²) in [7, 11) is 0. The standard InChI is InChI=1S/C16H14ClN3O4/c1-10-13(3-2-4-14(10)20(22)23)16(21)19-8-12(9-19)24-15-6-5-11(17)7-18-15/h2-7,12H,8-9H2,1H3. The lowest BCUT2D eigenvalue weighted by Crippen LogP contribution is -2.56. The third kappa shape index (κ3) is 3.16. The number of ether oxygens (including phenoxy) is 1. The van der Waals surface area contributed by atoms with Crippen LogP contribution in [0.25, 0.3) is 0 Å². The van der Waals surface area contributed by atoms with Crippen LogP contribution in [-0.2, 0) is 0 Å². The molecule has 124 valence electrons. The number of nitrogens with zero attached hydrogens (tertiary/aromatic N) is 3. The fourth-order valence-corrected chi connectivity index (χ4v) is 2.62. The zero-order valence-corrected chi connectivity index (χ0v) is 13.6. The van der Waals surface area contributed by atoms with Gasteiger partial charge in [0.2, 0.25) is 5.88 Å². The molecule has 0 atom stereocenters. The van der Waals surface area contributed by atoms with Crippen molar-refractivity contribution in [2.24, 2.45) is 0 Å². The molecule has 2 heterocycles. The number of likely N-dealkylation sites (tertiary alicyclic amines) is 1. The second-order valence-corrected chi connectivity index (χ2v) is 5.91. The summed E-state index contributed by atoms with van der Waals surface area (Å²) in [6.07, 6.45) is 1.34. The first kappa shape index (κ1) is 16.2. The van der Waals surface area contributed by atoms with Crippen LogP contribution in [0.1, 0.15) is 15.9 Å². The maximum atomic E-state index is 12.5. The zero-order chi connectivity index (χ0) is 17.3. The van der Waals surface area contributed by atoms with Crippen molar-refractivity contribution in [3.63, 3.8) is 0 Å². The normalized spacial score (nSPS) is 14.2. The Morgan fingerprint density at radius 3 is 2.75 bits per heavy atom. The Kier molecular flexibility index (Phi) is 4.35. The van der Waals surface area contributed by atoms with Crippen LogP contribution >= 0.6 is 11.6 Å². The first-order valence-electron chi connectivity index (χ1n) is 7.27. The Hall–Kier alpha value is -2.67. The van der Waals surface area contributed by atoms with Crippen LogP contribution < -0.4 is 4.74 Å². The van der Waals surface area contributed by atoms with Crippen molar-refractivity contribution in [2.75, 3.05) is 13.1 Å². The van der Waals surface area contributed by atoms with Gasteiger partial charge in [-0.25, -0.2) is 4.98 Å². The van der Waals surface area contributed by atoms with Crippen LogP contribution in [0.15, 0.2) is 36.5 Å². The molecule has 24 heavy (non-hydrogen) atoms. The molecule has 0 N–H and O–H groups in total. The molecule has 1 aliphatic heterocycles. The maximum Gasteiger partial charge on any atom is 0.273 e. The molecule has 7 nitrogen and oxygen atoms in total. The van der Waals surface area contributed by atoms with Gasteiger partial charge in [0.25, 0.3) is 11.6 Å². The SMILES string of the molecule is Cc1c(C(=O)N2CC(Oc3ccc(Cl)cn3)C2)cccc1[N+](=O)[O-]. The van der Waals surface area contributed by atoms with Gasteiger partial charge in [-0.2, -0.15) is 0 Å². The minimum absolute atomic E-state index is 0.0560.